The fourth-order valence-corrected chi connectivity index (χ4v) is 5.80. The number of hydrogen-bond acceptors (Lipinski definition) is 5. The highest BCUT2D eigenvalue weighted by atomic mass is 32.2. The highest BCUT2D eigenvalue weighted by Gasteiger charge is 2.24. The van der Waals surface area contributed by atoms with Crippen LogP contribution in [0.15, 0.2) is 42.5 Å². The lowest BCUT2D eigenvalue weighted by Crippen LogP contribution is -2.50. The van der Waals surface area contributed by atoms with Crippen molar-refractivity contribution < 1.29 is 18.0 Å². The first-order chi connectivity index (χ1) is 19.4. The van der Waals surface area contributed by atoms with E-state index in [-0.39, 0.29) is 23.9 Å². The van der Waals surface area contributed by atoms with Crippen molar-refractivity contribution in [2.45, 2.75) is 71.4 Å². The molecule has 226 valence electrons. The van der Waals surface area contributed by atoms with E-state index in [1.165, 1.54) is 31.0 Å². The summed E-state index contributed by atoms with van der Waals surface area (Å²) in [7, 11) is 0.754. The van der Waals surface area contributed by atoms with Crippen molar-refractivity contribution in [2.75, 3.05) is 38.5 Å². The molecule has 0 saturated carbocycles. The van der Waals surface area contributed by atoms with Crippen LogP contribution in [0.3, 0.4) is 0 Å². The summed E-state index contributed by atoms with van der Waals surface area (Å²) < 4.78 is 28.1. The molecule has 4 bridgehead atoms. The summed E-state index contributed by atoms with van der Waals surface area (Å²) in [4.78, 5) is 26.4. The normalized spacial score (nSPS) is 17.1. The second kappa shape index (κ2) is 14.8. The van der Waals surface area contributed by atoms with Gasteiger partial charge in [-0.3, -0.25) is 13.9 Å². The van der Waals surface area contributed by atoms with Gasteiger partial charge in [-0.15, -0.1) is 0 Å². The fraction of sp³-hybridized carbons (Fsp3) is 0.548. The topological polar surface area (TPSA) is 111 Å². The molecule has 0 aliphatic carbocycles. The molecular weight excluding hydrogens is 538 g/mol. The number of amides is 2. The molecule has 1 aliphatic heterocycles. The number of nitrogens with one attached hydrogen (secondary N) is 3. The standard InChI is InChI=1S/C31H47N5O4S/c1-7-29(31(38)33-20-22(2)3)32-21-27-17-24-14-10-13-23(15-24)11-8-9-12-25-16-26(30(37)34-27)19-28(18-25)36(6)41(39,40)35(4)5/h10,13-16,18-19,22,27,29,32H,7-9,11-12,17,20-21H2,1-6H3,(H,33,38)(H,34,37)/t27-,29+/m1/s1. The van der Waals surface area contributed by atoms with Gasteiger partial charge in [0.25, 0.3) is 5.91 Å². The van der Waals surface area contributed by atoms with Crippen LogP contribution in [0, 0.1) is 5.92 Å². The van der Waals surface area contributed by atoms with Gasteiger partial charge < -0.3 is 16.0 Å². The summed E-state index contributed by atoms with van der Waals surface area (Å²) in [6.45, 7) is 7.10. The van der Waals surface area contributed by atoms with E-state index in [2.05, 4.69) is 54.1 Å². The summed E-state index contributed by atoms with van der Waals surface area (Å²) in [6.07, 6.45) is 4.80. The van der Waals surface area contributed by atoms with Crippen LogP contribution in [-0.2, 0) is 34.3 Å². The Morgan fingerprint density at radius 2 is 1.71 bits per heavy atom. The lowest BCUT2D eigenvalue weighted by molar-refractivity contribution is -0.123. The van der Waals surface area contributed by atoms with E-state index in [1.807, 2.05) is 19.1 Å². The summed E-state index contributed by atoms with van der Waals surface area (Å²) in [5, 5.41) is 9.55. The number of anilines is 1. The molecule has 0 aromatic heterocycles. The second-order valence-corrected chi connectivity index (χ2v) is 13.7. The molecular formula is C31H47N5O4S. The Hall–Kier alpha value is -2.95. The van der Waals surface area contributed by atoms with Gasteiger partial charge in [0, 0.05) is 45.8 Å². The smallest absolute Gasteiger partial charge is 0.303 e. The summed E-state index contributed by atoms with van der Waals surface area (Å²) in [6, 6.07) is 13.2. The third-order valence-electron chi connectivity index (χ3n) is 7.42. The summed E-state index contributed by atoms with van der Waals surface area (Å²) in [5.41, 5.74) is 4.15. The van der Waals surface area contributed by atoms with Crippen molar-refractivity contribution in [1.82, 2.24) is 20.3 Å². The minimum atomic E-state index is -3.72. The van der Waals surface area contributed by atoms with Gasteiger partial charge in [0.2, 0.25) is 5.91 Å². The SMILES string of the molecule is CC[C@H](NC[C@H]1Cc2cccc(c2)CCCCc2cc(cc(N(C)S(=O)(=O)N(C)C)c2)C(=O)N1)C(=O)NCC(C)C. The third-order valence-corrected chi connectivity index (χ3v) is 9.25. The van der Waals surface area contributed by atoms with Crippen LogP contribution < -0.4 is 20.3 Å². The van der Waals surface area contributed by atoms with Crippen molar-refractivity contribution in [2.24, 2.45) is 5.92 Å². The van der Waals surface area contributed by atoms with E-state index >= 15 is 0 Å². The van der Waals surface area contributed by atoms with Crippen molar-refractivity contribution >= 4 is 27.7 Å². The third kappa shape index (κ3) is 9.28. The molecule has 41 heavy (non-hydrogen) atoms. The predicted molar refractivity (Wildman–Crippen MR) is 165 cm³/mol. The molecule has 2 atom stereocenters. The number of aryl methyl sites for hydroxylation is 2. The van der Waals surface area contributed by atoms with Crippen LogP contribution in [0.1, 0.15) is 67.1 Å². The number of fused-ring (bicyclic) bond motifs is 4. The molecule has 0 radical (unpaired) electrons. The molecule has 0 saturated heterocycles. The van der Waals surface area contributed by atoms with Gasteiger partial charge in [0.05, 0.1) is 11.7 Å². The second-order valence-electron chi connectivity index (χ2n) is 11.6. The Balaban J connectivity index is 1.91. The maximum Gasteiger partial charge on any atom is 0.303 e. The lowest BCUT2D eigenvalue weighted by Gasteiger charge is -2.26. The van der Waals surface area contributed by atoms with Crippen molar-refractivity contribution in [3.63, 3.8) is 0 Å². The first-order valence-electron chi connectivity index (χ1n) is 14.6. The molecule has 10 heteroatoms. The number of nitrogens with zero attached hydrogens (tertiary/aromatic N) is 2. The van der Waals surface area contributed by atoms with E-state index < -0.39 is 10.2 Å². The molecule has 3 N–H and O–H groups in total. The van der Waals surface area contributed by atoms with Crippen molar-refractivity contribution in [1.29, 1.82) is 0 Å². The zero-order chi connectivity index (χ0) is 30.2. The lowest BCUT2D eigenvalue weighted by atomic mass is 9.97. The van der Waals surface area contributed by atoms with Crippen LogP contribution >= 0.6 is 0 Å². The number of hydrogen-bond donors (Lipinski definition) is 3. The van der Waals surface area contributed by atoms with Gasteiger partial charge in [0.15, 0.2) is 0 Å². The molecule has 3 rings (SSSR count). The monoisotopic (exact) mass is 585 g/mol. The largest absolute Gasteiger partial charge is 0.354 e. The van der Waals surface area contributed by atoms with Crippen LogP contribution in [0.4, 0.5) is 5.69 Å². The maximum absolute atomic E-state index is 13.7. The highest BCUT2D eigenvalue weighted by Crippen LogP contribution is 2.24. The van der Waals surface area contributed by atoms with Gasteiger partial charge in [-0.05, 0) is 79.3 Å². The molecule has 0 spiro atoms. The zero-order valence-corrected chi connectivity index (χ0v) is 26.2. The number of carbonyl (C=O) groups is 2. The van der Waals surface area contributed by atoms with Crippen LogP contribution in [0.5, 0.6) is 0 Å². The Labute approximate surface area is 246 Å². The number of benzene rings is 2. The fourth-order valence-electron chi connectivity index (χ4n) is 4.94. The predicted octanol–water partition coefficient (Wildman–Crippen LogP) is 3.29. The highest BCUT2D eigenvalue weighted by molar-refractivity contribution is 7.90. The quantitative estimate of drug-likeness (QED) is 0.396. The molecule has 0 fully saturated rings. The molecule has 0 unspecified atom stereocenters. The summed E-state index contributed by atoms with van der Waals surface area (Å²) >= 11 is 0. The average Bonchev–Trinajstić information content (AvgIpc) is 2.93. The van der Waals surface area contributed by atoms with Gasteiger partial charge in [-0.1, -0.05) is 45.0 Å². The Morgan fingerprint density at radius 1 is 1.02 bits per heavy atom. The van der Waals surface area contributed by atoms with Gasteiger partial charge >= 0.3 is 10.2 Å². The van der Waals surface area contributed by atoms with Crippen LogP contribution in [0.25, 0.3) is 0 Å². The van der Waals surface area contributed by atoms with Gasteiger partial charge in [-0.25, -0.2) is 0 Å². The first-order valence-corrected chi connectivity index (χ1v) is 16.0. The van der Waals surface area contributed by atoms with E-state index in [9.17, 15) is 18.0 Å². The van der Waals surface area contributed by atoms with Gasteiger partial charge in [0.1, 0.15) is 0 Å². The first kappa shape index (κ1) is 32.6. The maximum atomic E-state index is 13.7. The number of rotatable bonds is 10. The van der Waals surface area contributed by atoms with Crippen molar-refractivity contribution in [3.05, 3.63) is 64.7 Å². The molecule has 2 amide bonds. The molecule has 1 aliphatic rings. The molecule has 2 aromatic carbocycles. The average molecular weight is 586 g/mol. The van der Waals surface area contributed by atoms with E-state index in [4.69, 9.17) is 0 Å². The van der Waals surface area contributed by atoms with Crippen LogP contribution in [0.2, 0.25) is 0 Å². The molecule has 2 aromatic rings. The van der Waals surface area contributed by atoms with E-state index in [1.54, 1.807) is 6.07 Å². The Bertz CT molecular complexity index is 1300. The minimum Gasteiger partial charge on any atom is -0.354 e. The Kier molecular flexibility index (Phi) is 11.7. The number of carbonyl (C=O) groups excluding carboxylic acids is 2. The Morgan fingerprint density at radius 3 is 2.37 bits per heavy atom. The van der Waals surface area contributed by atoms with E-state index in [0.717, 1.165) is 41.1 Å². The van der Waals surface area contributed by atoms with Crippen molar-refractivity contribution in [3.8, 4) is 0 Å². The minimum absolute atomic E-state index is 0.0436. The molecule has 9 nitrogen and oxygen atoms in total. The summed E-state index contributed by atoms with van der Waals surface area (Å²) in [5.74, 6) is 0.0361. The van der Waals surface area contributed by atoms with Crippen LogP contribution in [-0.4, -0.2) is 70.9 Å². The van der Waals surface area contributed by atoms with Gasteiger partial charge in [-0.2, -0.15) is 12.7 Å². The van der Waals surface area contributed by atoms with E-state index in [0.29, 0.717) is 43.1 Å². The zero-order valence-electron chi connectivity index (χ0n) is 25.4. The molecule has 1 heterocycles.